The molecule has 3 fully saturated rings. The van der Waals surface area contributed by atoms with Crippen molar-refractivity contribution in [3.8, 4) is 5.75 Å². The molecule has 0 radical (unpaired) electrons. The Morgan fingerprint density at radius 1 is 1.09 bits per heavy atom. The summed E-state index contributed by atoms with van der Waals surface area (Å²) in [6, 6.07) is 12.6. The van der Waals surface area contributed by atoms with Gasteiger partial charge in [0.25, 0.3) is 0 Å². The van der Waals surface area contributed by atoms with Gasteiger partial charge in [-0.05, 0) is 55.5 Å². The Labute approximate surface area is 200 Å². The van der Waals surface area contributed by atoms with Crippen LogP contribution in [0.4, 0.5) is 0 Å². The average molecular weight is 486 g/mol. The Morgan fingerprint density at radius 2 is 1.91 bits per heavy atom. The zero-order valence-corrected chi connectivity index (χ0v) is 20.2. The smallest absolute Gasteiger partial charge is 0.225 e. The molecule has 1 aliphatic carbocycles. The van der Waals surface area contributed by atoms with Gasteiger partial charge in [0.2, 0.25) is 15.9 Å². The van der Waals surface area contributed by atoms with Gasteiger partial charge in [0.1, 0.15) is 18.0 Å². The fraction of sp³-hybridized carbons (Fsp3) is 0.520. The molecule has 1 aromatic heterocycles. The number of amides is 1. The number of hydrogen-bond acceptors (Lipinski definition) is 6. The maximum Gasteiger partial charge on any atom is 0.225 e. The monoisotopic (exact) mass is 485 g/mol. The van der Waals surface area contributed by atoms with E-state index in [0.29, 0.717) is 30.9 Å². The molecule has 2 aromatic rings. The fourth-order valence-corrected chi connectivity index (χ4v) is 6.75. The summed E-state index contributed by atoms with van der Waals surface area (Å²) in [5, 5.41) is 0. The van der Waals surface area contributed by atoms with E-state index < -0.39 is 10.0 Å². The molecular weight excluding hydrogens is 454 g/mol. The number of aromatic nitrogens is 1. The van der Waals surface area contributed by atoms with Crippen molar-refractivity contribution >= 4 is 15.9 Å². The molecule has 1 amide bonds. The summed E-state index contributed by atoms with van der Waals surface area (Å²) >= 11 is 0. The van der Waals surface area contributed by atoms with E-state index in [2.05, 4.69) is 4.98 Å². The standard InChI is InChI=1S/C25H31N3O5S/c1-32-23-15-27(25(29)19-10-11-19)16-24(23)33-20-7-4-6-18(14-20)17-34(30,31)28-13-5-9-22(28)21-8-2-3-12-26-21/h2-4,6-8,12,14,19,22-24H,5,9-11,13,15-17H2,1H3. The number of ether oxygens (including phenoxy) is 2. The quantitative estimate of drug-likeness (QED) is 0.571. The normalized spacial score (nSPS) is 25.6. The Bertz CT molecular complexity index is 1120. The first kappa shape index (κ1) is 23.3. The highest BCUT2D eigenvalue weighted by atomic mass is 32.2. The molecule has 1 saturated carbocycles. The van der Waals surface area contributed by atoms with Crippen molar-refractivity contribution in [3.05, 3.63) is 59.9 Å². The molecular formula is C25H31N3O5S. The first-order valence-corrected chi connectivity index (χ1v) is 13.5. The van der Waals surface area contributed by atoms with Crippen LogP contribution in [0.3, 0.4) is 0 Å². The van der Waals surface area contributed by atoms with E-state index in [1.165, 1.54) is 0 Å². The summed E-state index contributed by atoms with van der Waals surface area (Å²) in [5.41, 5.74) is 1.46. The molecule has 1 aromatic carbocycles. The van der Waals surface area contributed by atoms with Crippen molar-refractivity contribution in [2.24, 2.45) is 5.92 Å². The van der Waals surface area contributed by atoms with E-state index >= 15 is 0 Å². The number of rotatable bonds is 8. The van der Waals surface area contributed by atoms with Crippen molar-refractivity contribution in [1.82, 2.24) is 14.2 Å². The van der Waals surface area contributed by atoms with Gasteiger partial charge in [0, 0.05) is 25.8 Å². The lowest BCUT2D eigenvalue weighted by Gasteiger charge is -2.24. The molecule has 3 heterocycles. The molecule has 9 heteroatoms. The van der Waals surface area contributed by atoms with Gasteiger partial charge in [0.05, 0.1) is 30.6 Å². The van der Waals surface area contributed by atoms with Crippen LogP contribution in [0.5, 0.6) is 5.75 Å². The van der Waals surface area contributed by atoms with Crippen LogP contribution in [0.1, 0.15) is 43.0 Å². The third-order valence-electron chi connectivity index (χ3n) is 6.88. The van der Waals surface area contributed by atoms with Crippen molar-refractivity contribution in [1.29, 1.82) is 0 Å². The fourth-order valence-electron chi connectivity index (χ4n) is 4.97. The maximum absolute atomic E-state index is 13.3. The largest absolute Gasteiger partial charge is 0.486 e. The summed E-state index contributed by atoms with van der Waals surface area (Å²) in [6.45, 7) is 1.51. The topological polar surface area (TPSA) is 89.0 Å². The highest BCUT2D eigenvalue weighted by molar-refractivity contribution is 7.88. The average Bonchev–Trinajstić information content (AvgIpc) is 3.41. The first-order valence-electron chi connectivity index (χ1n) is 11.9. The molecule has 3 aliphatic rings. The Morgan fingerprint density at radius 3 is 2.65 bits per heavy atom. The molecule has 182 valence electrons. The summed E-state index contributed by atoms with van der Waals surface area (Å²) in [5.74, 6) is 0.826. The second-order valence-electron chi connectivity index (χ2n) is 9.37. The highest BCUT2D eigenvalue weighted by Crippen LogP contribution is 2.35. The van der Waals surface area contributed by atoms with Gasteiger partial charge in [0.15, 0.2) is 0 Å². The summed E-state index contributed by atoms with van der Waals surface area (Å²) in [6.07, 6.45) is 4.73. The molecule has 0 spiro atoms. The molecule has 8 nitrogen and oxygen atoms in total. The van der Waals surface area contributed by atoms with Crippen molar-refractivity contribution < 1.29 is 22.7 Å². The number of carbonyl (C=O) groups excluding carboxylic acids is 1. The summed E-state index contributed by atoms with van der Waals surface area (Å²) in [4.78, 5) is 18.7. The van der Waals surface area contributed by atoms with E-state index in [0.717, 1.165) is 31.4 Å². The number of sulfonamides is 1. The predicted octanol–water partition coefficient (Wildman–Crippen LogP) is 2.76. The van der Waals surface area contributed by atoms with Crippen molar-refractivity contribution in [3.63, 3.8) is 0 Å². The van der Waals surface area contributed by atoms with Crippen LogP contribution in [-0.4, -0.2) is 67.5 Å². The minimum atomic E-state index is -3.53. The van der Waals surface area contributed by atoms with Gasteiger partial charge < -0.3 is 14.4 Å². The van der Waals surface area contributed by atoms with Gasteiger partial charge in [-0.3, -0.25) is 9.78 Å². The minimum absolute atomic E-state index is 0.0990. The van der Waals surface area contributed by atoms with E-state index in [-0.39, 0.29) is 35.8 Å². The number of carbonyl (C=O) groups is 1. The molecule has 34 heavy (non-hydrogen) atoms. The summed E-state index contributed by atoms with van der Waals surface area (Å²) in [7, 11) is -1.90. The predicted molar refractivity (Wildman–Crippen MR) is 127 cm³/mol. The van der Waals surface area contributed by atoms with E-state index in [9.17, 15) is 13.2 Å². The zero-order chi connectivity index (χ0) is 23.7. The van der Waals surface area contributed by atoms with Gasteiger partial charge in [-0.25, -0.2) is 8.42 Å². The van der Waals surface area contributed by atoms with Crippen LogP contribution < -0.4 is 4.74 Å². The SMILES string of the molecule is COC1CN(C(=O)C2CC2)CC1Oc1cccc(CS(=O)(=O)N2CCCC2c2ccccn2)c1. The van der Waals surface area contributed by atoms with Gasteiger partial charge in [-0.1, -0.05) is 18.2 Å². The third-order valence-corrected chi connectivity index (χ3v) is 8.73. The molecule has 3 atom stereocenters. The molecule has 5 rings (SSSR count). The Balaban J connectivity index is 1.27. The second-order valence-corrected chi connectivity index (χ2v) is 11.3. The molecule has 2 aliphatic heterocycles. The maximum atomic E-state index is 13.3. The van der Waals surface area contributed by atoms with Crippen LogP contribution in [0.25, 0.3) is 0 Å². The lowest BCUT2D eigenvalue weighted by molar-refractivity contribution is -0.132. The molecule has 3 unspecified atom stereocenters. The van der Waals surface area contributed by atoms with Crippen LogP contribution in [0, 0.1) is 5.92 Å². The van der Waals surface area contributed by atoms with Gasteiger partial charge in [-0.15, -0.1) is 0 Å². The third kappa shape index (κ3) is 4.96. The molecule has 0 N–H and O–H groups in total. The molecule has 2 saturated heterocycles. The Kier molecular flexibility index (Phi) is 6.59. The second kappa shape index (κ2) is 9.64. The van der Waals surface area contributed by atoms with Crippen molar-refractivity contribution in [2.45, 2.75) is 49.7 Å². The highest BCUT2D eigenvalue weighted by Gasteiger charge is 2.42. The summed E-state index contributed by atoms with van der Waals surface area (Å²) < 4.78 is 40.0. The lowest BCUT2D eigenvalue weighted by Crippen LogP contribution is -2.32. The first-order chi connectivity index (χ1) is 16.4. The van der Waals surface area contributed by atoms with E-state index in [1.807, 2.05) is 41.3 Å². The van der Waals surface area contributed by atoms with Crippen molar-refractivity contribution in [2.75, 3.05) is 26.7 Å². The Hall–Kier alpha value is -2.49. The van der Waals surface area contributed by atoms with E-state index in [1.54, 1.807) is 23.7 Å². The van der Waals surface area contributed by atoms with Gasteiger partial charge in [-0.2, -0.15) is 4.31 Å². The van der Waals surface area contributed by atoms with Crippen LogP contribution in [0.15, 0.2) is 48.7 Å². The van der Waals surface area contributed by atoms with Crippen LogP contribution in [0.2, 0.25) is 0 Å². The zero-order valence-electron chi connectivity index (χ0n) is 19.4. The minimum Gasteiger partial charge on any atom is -0.486 e. The number of benzene rings is 1. The number of methoxy groups -OCH3 is 1. The molecule has 0 bridgehead atoms. The van der Waals surface area contributed by atoms with Crippen LogP contribution >= 0.6 is 0 Å². The number of nitrogens with zero attached hydrogens (tertiary/aromatic N) is 3. The lowest BCUT2D eigenvalue weighted by atomic mass is 10.1. The number of hydrogen-bond donors (Lipinski definition) is 0. The van der Waals surface area contributed by atoms with Gasteiger partial charge >= 0.3 is 0 Å². The number of pyridine rings is 1. The van der Waals surface area contributed by atoms with Crippen LogP contribution in [-0.2, 0) is 25.3 Å². The number of likely N-dealkylation sites (tertiary alicyclic amines) is 1. The van der Waals surface area contributed by atoms with E-state index in [4.69, 9.17) is 9.47 Å².